The summed E-state index contributed by atoms with van der Waals surface area (Å²) in [4.78, 5) is 15.8. The Hall–Kier alpha value is -1.84. The van der Waals surface area contributed by atoms with Gasteiger partial charge in [-0.05, 0) is 32.9 Å². The minimum atomic E-state index is -0.561. The van der Waals surface area contributed by atoms with Crippen molar-refractivity contribution in [3.05, 3.63) is 23.9 Å². The van der Waals surface area contributed by atoms with Crippen LogP contribution in [0, 0.1) is 5.41 Å². The maximum atomic E-state index is 11.8. The number of hydrogen-bond donors (Lipinski definition) is 0. The standard InChI is InChI=1S/C13H15NO3/c1-13(2,3)12(15)17-11-10-9(6-7-14-11)5-4-8-16-10/h4-7H,8H2,1-3H3. The molecule has 1 aromatic heterocycles. The summed E-state index contributed by atoms with van der Waals surface area (Å²) < 4.78 is 10.7. The quantitative estimate of drug-likeness (QED) is 0.699. The lowest BCUT2D eigenvalue weighted by Gasteiger charge is -2.19. The van der Waals surface area contributed by atoms with Crippen molar-refractivity contribution in [1.29, 1.82) is 0 Å². The van der Waals surface area contributed by atoms with Crippen molar-refractivity contribution >= 4 is 12.0 Å². The Morgan fingerprint density at radius 2 is 2.24 bits per heavy atom. The lowest BCUT2D eigenvalue weighted by molar-refractivity contribution is -0.143. The van der Waals surface area contributed by atoms with E-state index in [9.17, 15) is 4.79 Å². The van der Waals surface area contributed by atoms with Crippen LogP contribution in [0.5, 0.6) is 11.6 Å². The van der Waals surface area contributed by atoms with Crippen LogP contribution in [-0.4, -0.2) is 17.6 Å². The van der Waals surface area contributed by atoms with Gasteiger partial charge in [0.2, 0.25) is 0 Å². The molecule has 0 saturated heterocycles. The first-order chi connectivity index (χ1) is 7.98. The average Bonchev–Trinajstić information content (AvgIpc) is 2.28. The average molecular weight is 233 g/mol. The summed E-state index contributed by atoms with van der Waals surface area (Å²) in [6, 6.07) is 1.82. The third-order valence-corrected chi connectivity index (χ3v) is 2.33. The molecule has 0 saturated carbocycles. The fourth-order valence-electron chi connectivity index (χ4n) is 1.34. The number of carbonyl (C=O) groups excluding carboxylic acids is 1. The molecule has 0 atom stereocenters. The molecule has 0 fully saturated rings. The van der Waals surface area contributed by atoms with Gasteiger partial charge < -0.3 is 9.47 Å². The van der Waals surface area contributed by atoms with Crippen molar-refractivity contribution in [2.75, 3.05) is 6.61 Å². The smallest absolute Gasteiger partial charge is 0.318 e. The van der Waals surface area contributed by atoms with E-state index in [1.54, 1.807) is 27.0 Å². The zero-order valence-corrected chi connectivity index (χ0v) is 10.2. The van der Waals surface area contributed by atoms with E-state index in [0.29, 0.717) is 12.4 Å². The Morgan fingerprint density at radius 3 is 2.94 bits per heavy atom. The van der Waals surface area contributed by atoms with Crippen LogP contribution in [0.15, 0.2) is 18.3 Å². The molecule has 0 aliphatic carbocycles. The molecule has 17 heavy (non-hydrogen) atoms. The number of nitrogens with zero attached hydrogens (tertiary/aromatic N) is 1. The van der Waals surface area contributed by atoms with Crippen LogP contribution in [0.2, 0.25) is 0 Å². The first kappa shape index (κ1) is 11.6. The molecule has 1 aliphatic heterocycles. The molecule has 1 aliphatic rings. The van der Waals surface area contributed by atoms with E-state index in [4.69, 9.17) is 9.47 Å². The van der Waals surface area contributed by atoms with E-state index in [0.717, 1.165) is 5.56 Å². The normalized spacial score (nSPS) is 13.8. The Labute approximate surface area is 100 Å². The monoisotopic (exact) mass is 233 g/mol. The van der Waals surface area contributed by atoms with Gasteiger partial charge in [-0.1, -0.05) is 6.08 Å². The van der Waals surface area contributed by atoms with Gasteiger partial charge in [0.1, 0.15) is 6.61 Å². The zero-order valence-electron chi connectivity index (χ0n) is 10.2. The van der Waals surface area contributed by atoms with Gasteiger partial charge >= 0.3 is 5.97 Å². The second-order valence-electron chi connectivity index (χ2n) is 4.89. The first-order valence-corrected chi connectivity index (χ1v) is 5.49. The molecule has 0 N–H and O–H groups in total. The van der Waals surface area contributed by atoms with E-state index in [1.165, 1.54) is 0 Å². The van der Waals surface area contributed by atoms with Gasteiger partial charge in [-0.25, -0.2) is 4.98 Å². The number of rotatable bonds is 1. The maximum absolute atomic E-state index is 11.8. The number of hydrogen-bond acceptors (Lipinski definition) is 4. The summed E-state index contributed by atoms with van der Waals surface area (Å²) in [7, 11) is 0. The predicted molar refractivity (Wildman–Crippen MR) is 63.9 cm³/mol. The van der Waals surface area contributed by atoms with Crippen LogP contribution in [0.4, 0.5) is 0 Å². The maximum Gasteiger partial charge on any atom is 0.318 e. The van der Waals surface area contributed by atoms with E-state index in [1.807, 2.05) is 18.2 Å². The number of carbonyl (C=O) groups is 1. The summed E-state index contributed by atoms with van der Waals surface area (Å²) in [6.45, 7) is 5.86. The van der Waals surface area contributed by atoms with Crippen LogP contribution in [0.1, 0.15) is 26.3 Å². The predicted octanol–water partition coefficient (Wildman–Crippen LogP) is 2.44. The van der Waals surface area contributed by atoms with Crippen molar-refractivity contribution in [1.82, 2.24) is 4.98 Å². The van der Waals surface area contributed by atoms with Crippen molar-refractivity contribution in [2.24, 2.45) is 5.41 Å². The first-order valence-electron chi connectivity index (χ1n) is 5.49. The van der Waals surface area contributed by atoms with Crippen LogP contribution < -0.4 is 9.47 Å². The molecule has 0 aromatic carbocycles. The third-order valence-electron chi connectivity index (χ3n) is 2.33. The lowest BCUT2D eigenvalue weighted by atomic mass is 9.97. The SMILES string of the molecule is CC(C)(C)C(=O)Oc1nccc2c1OCC=C2. The topological polar surface area (TPSA) is 48.4 Å². The van der Waals surface area contributed by atoms with Crippen molar-refractivity contribution < 1.29 is 14.3 Å². The van der Waals surface area contributed by atoms with E-state index < -0.39 is 5.41 Å². The molecule has 0 bridgehead atoms. The largest absolute Gasteiger partial charge is 0.483 e. The van der Waals surface area contributed by atoms with Crippen molar-refractivity contribution in [3.63, 3.8) is 0 Å². The van der Waals surface area contributed by atoms with Gasteiger partial charge in [-0.2, -0.15) is 0 Å². The molecule has 0 spiro atoms. The summed E-state index contributed by atoms with van der Waals surface area (Å²) in [6.07, 6.45) is 5.43. The molecule has 2 rings (SSSR count). The fourth-order valence-corrected chi connectivity index (χ4v) is 1.34. The minimum absolute atomic E-state index is 0.242. The van der Waals surface area contributed by atoms with E-state index in [2.05, 4.69) is 4.98 Å². The number of esters is 1. The lowest BCUT2D eigenvalue weighted by Crippen LogP contribution is -2.26. The number of aromatic nitrogens is 1. The molecular formula is C13H15NO3. The molecule has 0 unspecified atom stereocenters. The van der Waals surface area contributed by atoms with Crippen LogP contribution in [0.3, 0.4) is 0 Å². The second kappa shape index (κ2) is 4.20. The summed E-state index contributed by atoms with van der Waals surface area (Å²) in [5.74, 6) is 0.455. The van der Waals surface area contributed by atoms with Crippen molar-refractivity contribution in [3.8, 4) is 11.6 Å². The molecule has 90 valence electrons. The number of ether oxygens (including phenoxy) is 2. The molecule has 4 heteroatoms. The Morgan fingerprint density at radius 1 is 1.47 bits per heavy atom. The highest BCUT2D eigenvalue weighted by Gasteiger charge is 2.26. The Kier molecular flexibility index (Phi) is 2.88. The van der Waals surface area contributed by atoms with Crippen molar-refractivity contribution in [2.45, 2.75) is 20.8 Å². The zero-order chi connectivity index (χ0) is 12.5. The molecule has 2 heterocycles. The van der Waals surface area contributed by atoms with E-state index >= 15 is 0 Å². The van der Waals surface area contributed by atoms with E-state index in [-0.39, 0.29) is 11.8 Å². The Balaban J connectivity index is 2.29. The van der Waals surface area contributed by atoms with Crippen LogP contribution in [0.25, 0.3) is 6.08 Å². The molecule has 1 aromatic rings. The number of pyridine rings is 1. The van der Waals surface area contributed by atoms with Gasteiger partial charge in [0.25, 0.3) is 5.88 Å². The summed E-state index contributed by atoms with van der Waals surface area (Å²) in [5, 5.41) is 0. The fraction of sp³-hybridized carbons (Fsp3) is 0.385. The van der Waals surface area contributed by atoms with Crippen LogP contribution >= 0.6 is 0 Å². The highest BCUT2D eigenvalue weighted by Crippen LogP contribution is 2.33. The minimum Gasteiger partial charge on any atom is -0.483 e. The second-order valence-corrected chi connectivity index (χ2v) is 4.89. The van der Waals surface area contributed by atoms with Gasteiger partial charge in [0, 0.05) is 11.8 Å². The highest BCUT2D eigenvalue weighted by atomic mass is 16.6. The molecule has 0 radical (unpaired) electrons. The summed E-state index contributed by atoms with van der Waals surface area (Å²) >= 11 is 0. The molecule has 4 nitrogen and oxygen atoms in total. The van der Waals surface area contributed by atoms with Gasteiger partial charge in [-0.3, -0.25) is 4.79 Å². The highest BCUT2D eigenvalue weighted by molar-refractivity contribution is 5.78. The molecular weight excluding hydrogens is 218 g/mol. The number of fused-ring (bicyclic) bond motifs is 1. The van der Waals surface area contributed by atoms with Gasteiger partial charge in [-0.15, -0.1) is 0 Å². The van der Waals surface area contributed by atoms with Crippen LogP contribution in [-0.2, 0) is 4.79 Å². The Bertz CT molecular complexity index is 472. The van der Waals surface area contributed by atoms with Gasteiger partial charge in [0.15, 0.2) is 5.75 Å². The summed E-state index contributed by atoms with van der Waals surface area (Å²) in [5.41, 5.74) is 0.317. The molecule has 0 amide bonds. The third kappa shape index (κ3) is 2.46. The van der Waals surface area contributed by atoms with Gasteiger partial charge in [0.05, 0.1) is 5.41 Å².